The second-order valence-electron chi connectivity index (χ2n) is 8.91. The highest BCUT2D eigenvalue weighted by atomic mass is 16.2. The predicted octanol–water partition coefficient (Wildman–Crippen LogP) is 6.58. The molecule has 0 aromatic heterocycles. The summed E-state index contributed by atoms with van der Waals surface area (Å²) in [4.78, 5) is 24.9. The normalized spacial score (nSPS) is 10.8. The number of carbonyl (C=O) groups excluding carboxylic acids is 2. The zero-order valence-corrected chi connectivity index (χ0v) is 20.3. The van der Waals surface area contributed by atoms with Crippen LogP contribution in [0, 0.1) is 0 Å². The van der Waals surface area contributed by atoms with Crippen LogP contribution in [0.4, 0.5) is 21.0 Å². The van der Waals surface area contributed by atoms with Crippen molar-refractivity contribution in [1.29, 1.82) is 0 Å². The molecule has 3 aromatic rings. The number of hydrogen-bond acceptors (Lipinski definition) is 2. The Balaban J connectivity index is 1.73. The molecule has 0 saturated carbocycles. The first-order chi connectivity index (χ1) is 16.3. The van der Waals surface area contributed by atoms with E-state index in [0.29, 0.717) is 24.9 Å². The summed E-state index contributed by atoms with van der Waals surface area (Å²) in [5.74, 6) is 0.602. The summed E-state index contributed by atoms with van der Waals surface area (Å²) in [6, 6.07) is 22.5. The predicted molar refractivity (Wildman–Crippen MR) is 139 cm³/mol. The maximum absolute atomic E-state index is 12.4. The van der Waals surface area contributed by atoms with Gasteiger partial charge in [0.2, 0.25) is 0 Å². The number of amides is 4. The van der Waals surface area contributed by atoms with Crippen LogP contribution >= 0.6 is 0 Å². The van der Waals surface area contributed by atoms with Crippen LogP contribution in [0.15, 0.2) is 72.8 Å². The van der Waals surface area contributed by atoms with E-state index in [0.717, 1.165) is 22.5 Å². The topological polar surface area (TPSA) is 82.3 Å². The molecule has 0 unspecified atom stereocenters. The molecule has 6 heteroatoms. The van der Waals surface area contributed by atoms with Gasteiger partial charge in [-0.1, -0.05) is 76.2 Å². The molecule has 0 radical (unpaired) electrons. The quantitative estimate of drug-likeness (QED) is 0.308. The highest BCUT2D eigenvalue weighted by Crippen LogP contribution is 2.28. The Kier molecular flexibility index (Phi) is 8.68. The molecule has 3 aromatic carbocycles. The lowest BCUT2D eigenvalue weighted by atomic mass is 9.87. The van der Waals surface area contributed by atoms with E-state index in [1.54, 1.807) is 0 Å². The highest BCUT2D eigenvalue weighted by Gasteiger charge is 2.16. The van der Waals surface area contributed by atoms with Gasteiger partial charge < -0.3 is 21.3 Å². The molecule has 3 rings (SSSR count). The van der Waals surface area contributed by atoms with Crippen molar-refractivity contribution >= 4 is 23.4 Å². The average Bonchev–Trinajstić information content (AvgIpc) is 2.82. The summed E-state index contributed by atoms with van der Waals surface area (Å²) in [7, 11) is 0. The molecule has 4 N–H and O–H groups in total. The maximum Gasteiger partial charge on any atom is 0.319 e. The van der Waals surface area contributed by atoms with Crippen molar-refractivity contribution < 1.29 is 9.59 Å². The van der Waals surface area contributed by atoms with Crippen molar-refractivity contribution in [3.05, 3.63) is 95.1 Å². The second kappa shape index (κ2) is 11.9. The molecule has 0 aliphatic carbocycles. The van der Waals surface area contributed by atoms with E-state index in [-0.39, 0.29) is 12.1 Å². The lowest BCUT2D eigenvalue weighted by Crippen LogP contribution is -2.30. The monoisotopic (exact) mass is 458 g/mol. The van der Waals surface area contributed by atoms with Gasteiger partial charge >= 0.3 is 12.1 Å². The molecule has 34 heavy (non-hydrogen) atoms. The van der Waals surface area contributed by atoms with Crippen LogP contribution < -0.4 is 21.3 Å². The zero-order chi connectivity index (χ0) is 24.5. The van der Waals surface area contributed by atoms with Gasteiger partial charge in [-0.25, -0.2) is 9.59 Å². The first-order valence-electron chi connectivity index (χ1n) is 11.7. The molecule has 0 atom stereocenters. The van der Waals surface area contributed by atoms with E-state index >= 15 is 0 Å². The van der Waals surface area contributed by atoms with Crippen molar-refractivity contribution in [2.75, 3.05) is 10.6 Å². The summed E-state index contributed by atoms with van der Waals surface area (Å²) in [6.45, 7) is 9.40. The van der Waals surface area contributed by atoms with Gasteiger partial charge in [-0.15, -0.1) is 0 Å². The first kappa shape index (κ1) is 24.8. The third-order valence-corrected chi connectivity index (χ3v) is 5.59. The zero-order valence-electron chi connectivity index (χ0n) is 20.3. The van der Waals surface area contributed by atoms with Gasteiger partial charge in [0.25, 0.3) is 0 Å². The number of para-hydroxylation sites is 2. The number of carbonyl (C=O) groups is 2. The van der Waals surface area contributed by atoms with Crippen LogP contribution in [0.3, 0.4) is 0 Å². The fourth-order valence-electron chi connectivity index (χ4n) is 3.86. The van der Waals surface area contributed by atoms with Crippen LogP contribution in [0.5, 0.6) is 0 Å². The Bertz CT molecular complexity index is 1010. The second-order valence-corrected chi connectivity index (χ2v) is 8.91. The number of hydrogen-bond donors (Lipinski definition) is 4. The standard InChI is InChI=1S/C28H34N4O2/c1-19(2)25-16-26(20(3)4)22(18-30-28(34)32-24-13-9-6-10-14-24)15-21(25)17-29-27(33)31-23-11-7-5-8-12-23/h5-16,19-20H,17-18H2,1-4H3,(H2,29,31,33)(H2,30,32,34). The summed E-state index contributed by atoms with van der Waals surface area (Å²) < 4.78 is 0. The van der Waals surface area contributed by atoms with E-state index in [9.17, 15) is 9.59 Å². The Hall–Kier alpha value is -3.80. The Labute approximate surface area is 202 Å². The lowest BCUT2D eigenvalue weighted by molar-refractivity contribution is 0.251. The molecule has 0 aliphatic rings. The van der Waals surface area contributed by atoms with E-state index in [1.807, 2.05) is 60.7 Å². The smallest absolute Gasteiger partial charge is 0.319 e. The third kappa shape index (κ3) is 7.10. The summed E-state index contributed by atoms with van der Waals surface area (Å²) >= 11 is 0. The van der Waals surface area contributed by atoms with Crippen LogP contribution in [0.2, 0.25) is 0 Å². The maximum atomic E-state index is 12.4. The molecule has 0 spiro atoms. The summed E-state index contributed by atoms with van der Waals surface area (Å²) in [5, 5.41) is 11.6. The molecule has 6 nitrogen and oxygen atoms in total. The minimum atomic E-state index is -0.254. The minimum Gasteiger partial charge on any atom is -0.334 e. The fraction of sp³-hybridized carbons (Fsp3) is 0.286. The summed E-state index contributed by atoms with van der Waals surface area (Å²) in [6.07, 6.45) is 0. The molecule has 4 amide bonds. The van der Waals surface area contributed by atoms with E-state index < -0.39 is 0 Å². The molecule has 0 aliphatic heterocycles. The van der Waals surface area contributed by atoms with Gasteiger partial charge in [-0.05, 0) is 58.4 Å². The molecule has 0 bridgehead atoms. The molecule has 0 fully saturated rings. The minimum absolute atomic E-state index is 0.254. The van der Waals surface area contributed by atoms with E-state index in [4.69, 9.17) is 0 Å². The molecular formula is C28H34N4O2. The van der Waals surface area contributed by atoms with Gasteiger partial charge in [0.05, 0.1) is 0 Å². The first-order valence-corrected chi connectivity index (χ1v) is 11.7. The molecular weight excluding hydrogens is 424 g/mol. The number of anilines is 2. The van der Waals surface area contributed by atoms with Crippen LogP contribution in [0.1, 0.15) is 61.8 Å². The van der Waals surface area contributed by atoms with E-state index in [1.165, 1.54) is 11.1 Å². The van der Waals surface area contributed by atoms with Crippen molar-refractivity contribution in [3.63, 3.8) is 0 Å². The van der Waals surface area contributed by atoms with Gasteiger partial charge in [-0.3, -0.25) is 0 Å². The Morgan fingerprint density at radius 1 is 0.618 bits per heavy atom. The van der Waals surface area contributed by atoms with Gasteiger partial charge in [0.1, 0.15) is 0 Å². The van der Waals surface area contributed by atoms with Crippen LogP contribution in [-0.4, -0.2) is 12.1 Å². The van der Waals surface area contributed by atoms with Crippen molar-refractivity contribution in [3.8, 4) is 0 Å². The number of benzene rings is 3. The van der Waals surface area contributed by atoms with Crippen LogP contribution in [-0.2, 0) is 13.1 Å². The Morgan fingerprint density at radius 3 is 1.35 bits per heavy atom. The van der Waals surface area contributed by atoms with Gasteiger partial charge in [0.15, 0.2) is 0 Å². The molecule has 0 heterocycles. The third-order valence-electron chi connectivity index (χ3n) is 5.59. The number of rotatable bonds is 8. The van der Waals surface area contributed by atoms with Gasteiger partial charge in [0, 0.05) is 24.5 Å². The van der Waals surface area contributed by atoms with Crippen molar-refractivity contribution in [2.45, 2.75) is 52.6 Å². The van der Waals surface area contributed by atoms with E-state index in [2.05, 4.69) is 61.1 Å². The highest BCUT2D eigenvalue weighted by molar-refractivity contribution is 5.89. The lowest BCUT2D eigenvalue weighted by Gasteiger charge is -2.21. The SMILES string of the molecule is CC(C)c1cc(C(C)C)c(CNC(=O)Nc2ccccc2)cc1CNC(=O)Nc1ccccc1. The van der Waals surface area contributed by atoms with Crippen molar-refractivity contribution in [1.82, 2.24) is 10.6 Å². The average molecular weight is 459 g/mol. The fourth-order valence-corrected chi connectivity index (χ4v) is 3.86. The molecule has 178 valence electrons. The van der Waals surface area contributed by atoms with Crippen LogP contribution in [0.25, 0.3) is 0 Å². The van der Waals surface area contributed by atoms with Gasteiger partial charge in [-0.2, -0.15) is 0 Å². The summed E-state index contributed by atoms with van der Waals surface area (Å²) in [5.41, 5.74) is 5.97. The van der Waals surface area contributed by atoms with Crippen molar-refractivity contribution in [2.24, 2.45) is 0 Å². The Morgan fingerprint density at radius 2 is 1.00 bits per heavy atom. The largest absolute Gasteiger partial charge is 0.334 e. The number of nitrogens with one attached hydrogen (secondary N) is 4. The number of urea groups is 2. The molecule has 0 saturated heterocycles.